The predicted octanol–water partition coefficient (Wildman–Crippen LogP) is 3.33. The molecule has 2 aromatic rings. The first kappa shape index (κ1) is 19.9. The summed E-state index contributed by atoms with van der Waals surface area (Å²) in [4.78, 5) is 8.62. The number of alkyl halides is 4. The van der Waals surface area contributed by atoms with Gasteiger partial charge in [0.1, 0.15) is 17.6 Å². The largest absolute Gasteiger partial charge is 0.473 e. The van der Waals surface area contributed by atoms with Gasteiger partial charge in [0, 0.05) is 37.7 Å². The number of anilines is 1. The van der Waals surface area contributed by atoms with Gasteiger partial charge in [-0.3, -0.25) is 0 Å². The zero-order valence-electron chi connectivity index (χ0n) is 15.6. The molecule has 2 aromatic heterocycles. The minimum absolute atomic E-state index is 0.0618. The summed E-state index contributed by atoms with van der Waals surface area (Å²) in [5.74, 6) is -1.88. The molecule has 0 amide bonds. The van der Waals surface area contributed by atoms with E-state index in [1.54, 1.807) is 6.07 Å². The van der Waals surface area contributed by atoms with Gasteiger partial charge in [-0.25, -0.2) is 22.2 Å². The summed E-state index contributed by atoms with van der Waals surface area (Å²) in [7, 11) is 0. The third-order valence-corrected chi connectivity index (χ3v) is 5.10. The summed E-state index contributed by atoms with van der Waals surface area (Å²) >= 11 is 0. The molecule has 1 aliphatic carbocycles. The van der Waals surface area contributed by atoms with E-state index in [1.807, 2.05) is 0 Å². The molecule has 0 spiro atoms. The van der Waals surface area contributed by atoms with Crippen LogP contribution in [0.1, 0.15) is 44.2 Å². The third-order valence-electron chi connectivity index (χ3n) is 5.10. The fourth-order valence-corrected chi connectivity index (χ4v) is 3.51. The van der Waals surface area contributed by atoms with Gasteiger partial charge in [-0.05, 0) is 31.9 Å². The molecular weight excluding hydrogens is 392 g/mol. The average molecular weight is 414 g/mol. The van der Waals surface area contributed by atoms with Crippen molar-refractivity contribution in [2.24, 2.45) is 0 Å². The predicted molar refractivity (Wildman–Crippen MR) is 96.8 cm³/mol. The maximum atomic E-state index is 13.4. The van der Waals surface area contributed by atoms with E-state index < -0.39 is 12.3 Å². The first-order valence-corrected chi connectivity index (χ1v) is 9.63. The van der Waals surface area contributed by atoms with Crippen molar-refractivity contribution in [1.82, 2.24) is 25.1 Å². The lowest BCUT2D eigenvalue weighted by Crippen LogP contribution is -2.32. The van der Waals surface area contributed by atoms with E-state index in [-0.39, 0.29) is 42.5 Å². The van der Waals surface area contributed by atoms with Crippen LogP contribution in [0.15, 0.2) is 18.3 Å². The van der Waals surface area contributed by atoms with E-state index in [4.69, 9.17) is 4.74 Å². The van der Waals surface area contributed by atoms with E-state index in [0.29, 0.717) is 25.2 Å². The van der Waals surface area contributed by atoms with E-state index in [9.17, 15) is 17.6 Å². The van der Waals surface area contributed by atoms with E-state index >= 15 is 0 Å². The zero-order chi connectivity index (χ0) is 20.4. The van der Waals surface area contributed by atoms with Crippen LogP contribution in [-0.4, -0.2) is 50.9 Å². The molecular formula is C18H22F4N6O. The molecule has 2 aliphatic rings. The van der Waals surface area contributed by atoms with Gasteiger partial charge in [-0.15, -0.1) is 0 Å². The molecule has 11 heteroatoms. The Morgan fingerprint density at radius 2 is 2.00 bits per heavy atom. The number of aromatic nitrogens is 4. The number of rotatable bonds is 6. The molecule has 1 saturated carbocycles. The van der Waals surface area contributed by atoms with Crippen molar-refractivity contribution < 1.29 is 22.3 Å². The Balaban J connectivity index is 1.57. The molecule has 1 atom stereocenters. The second-order valence-electron chi connectivity index (χ2n) is 7.38. The van der Waals surface area contributed by atoms with Gasteiger partial charge in [0.15, 0.2) is 0 Å². The quantitative estimate of drug-likeness (QED) is 0.707. The van der Waals surface area contributed by atoms with E-state index in [1.165, 1.54) is 12.3 Å². The molecule has 1 aliphatic heterocycles. The molecule has 1 saturated heterocycles. The monoisotopic (exact) mass is 414 g/mol. The van der Waals surface area contributed by atoms with Gasteiger partial charge in [-0.2, -0.15) is 15.1 Å². The molecule has 158 valence electrons. The number of ether oxygens (including phenoxy) is 1. The first-order valence-electron chi connectivity index (χ1n) is 9.63. The maximum Gasteiger partial charge on any atom is 0.282 e. The summed E-state index contributed by atoms with van der Waals surface area (Å²) < 4.78 is 59.6. The maximum absolute atomic E-state index is 13.4. The highest BCUT2D eigenvalue weighted by molar-refractivity contribution is 5.42. The van der Waals surface area contributed by atoms with Crippen LogP contribution in [-0.2, 0) is 0 Å². The van der Waals surface area contributed by atoms with Crippen molar-refractivity contribution in [3.8, 4) is 11.8 Å². The molecule has 7 nitrogen and oxygen atoms in total. The van der Waals surface area contributed by atoms with E-state index in [0.717, 1.165) is 17.6 Å². The van der Waals surface area contributed by atoms with Crippen molar-refractivity contribution in [2.45, 2.75) is 56.6 Å². The van der Waals surface area contributed by atoms with Crippen LogP contribution >= 0.6 is 0 Å². The van der Waals surface area contributed by atoms with Crippen LogP contribution < -0.4 is 15.4 Å². The van der Waals surface area contributed by atoms with Gasteiger partial charge in [0.2, 0.25) is 11.8 Å². The summed E-state index contributed by atoms with van der Waals surface area (Å²) in [6.07, 6.45) is -0.346. The van der Waals surface area contributed by atoms with E-state index in [2.05, 4.69) is 25.7 Å². The lowest BCUT2D eigenvalue weighted by atomic mass is 9.92. The fraction of sp³-hybridized carbons (Fsp3) is 0.611. The number of nitrogens with zero attached hydrogens (tertiary/aromatic N) is 4. The summed E-state index contributed by atoms with van der Waals surface area (Å²) in [6.45, 7) is 1.51. The molecule has 0 bridgehead atoms. The van der Waals surface area contributed by atoms with Crippen LogP contribution in [0.2, 0.25) is 0 Å². The van der Waals surface area contributed by atoms with Crippen LogP contribution in [0.25, 0.3) is 5.95 Å². The van der Waals surface area contributed by atoms with Gasteiger partial charge >= 0.3 is 0 Å². The van der Waals surface area contributed by atoms with Crippen molar-refractivity contribution in [1.29, 1.82) is 0 Å². The first-order chi connectivity index (χ1) is 13.9. The summed E-state index contributed by atoms with van der Waals surface area (Å²) in [5, 5.41) is 10.1. The SMILES string of the molecule is FC(F)c1ccn(-c2nc(NC3CCC(F)(F)CC3)cc(OC3CCNC3)n2)n1. The molecule has 29 heavy (non-hydrogen) atoms. The molecule has 2 N–H and O–H groups in total. The Kier molecular flexibility index (Phi) is 5.57. The topological polar surface area (TPSA) is 76.9 Å². The summed E-state index contributed by atoms with van der Waals surface area (Å²) in [6, 6.07) is 2.64. The average Bonchev–Trinajstić information content (AvgIpc) is 3.35. The Morgan fingerprint density at radius 1 is 1.21 bits per heavy atom. The van der Waals surface area contributed by atoms with Crippen LogP contribution in [0.3, 0.4) is 0 Å². The van der Waals surface area contributed by atoms with Gasteiger partial charge < -0.3 is 15.4 Å². The van der Waals surface area contributed by atoms with Gasteiger partial charge in [0.25, 0.3) is 12.4 Å². The van der Waals surface area contributed by atoms with Crippen molar-refractivity contribution >= 4 is 5.82 Å². The molecule has 0 aromatic carbocycles. The third kappa shape index (κ3) is 4.95. The Hall–Kier alpha value is -2.43. The number of halogens is 4. The highest BCUT2D eigenvalue weighted by Crippen LogP contribution is 2.34. The highest BCUT2D eigenvalue weighted by atomic mass is 19.3. The molecule has 0 radical (unpaired) electrons. The molecule has 4 rings (SSSR count). The van der Waals surface area contributed by atoms with Crippen molar-refractivity contribution in [3.63, 3.8) is 0 Å². The fourth-order valence-electron chi connectivity index (χ4n) is 3.51. The number of nitrogens with one attached hydrogen (secondary N) is 2. The Bertz CT molecular complexity index is 830. The normalized spacial score (nSPS) is 22.2. The molecule has 2 fully saturated rings. The van der Waals surface area contributed by atoms with Crippen molar-refractivity contribution in [3.05, 3.63) is 24.0 Å². The second-order valence-corrected chi connectivity index (χ2v) is 7.38. The minimum atomic E-state index is -2.71. The molecule has 1 unspecified atom stereocenters. The molecule has 3 heterocycles. The number of hydrogen-bond acceptors (Lipinski definition) is 6. The lowest BCUT2D eigenvalue weighted by Gasteiger charge is -2.29. The van der Waals surface area contributed by atoms with Crippen molar-refractivity contribution in [2.75, 3.05) is 18.4 Å². The highest BCUT2D eigenvalue weighted by Gasteiger charge is 2.35. The van der Waals surface area contributed by atoms with Gasteiger partial charge in [0.05, 0.1) is 0 Å². The zero-order valence-corrected chi connectivity index (χ0v) is 15.6. The van der Waals surface area contributed by atoms with Crippen LogP contribution in [0, 0.1) is 0 Å². The summed E-state index contributed by atoms with van der Waals surface area (Å²) in [5.41, 5.74) is -0.385. The van der Waals surface area contributed by atoms with Crippen LogP contribution in [0.4, 0.5) is 23.4 Å². The minimum Gasteiger partial charge on any atom is -0.473 e. The standard InChI is InChI=1S/C18H22F4N6O/c19-16(20)13-4-8-28(27-13)17-25-14(24-11-1-5-18(21,22)6-2-11)9-15(26-17)29-12-3-7-23-10-12/h4,8-9,11-12,16,23H,1-3,5-7,10H2,(H,24,25,26). The number of hydrogen-bond donors (Lipinski definition) is 2. The Labute approximate surface area is 164 Å². The van der Waals surface area contributed by atoms with Crippen LogP contribution in [0.5, 0.6) is 5.88 Å². The smallest absolute Gasteiger partial charge is 0.282 e. The van der Waals surface area contributed by atoms with Gasteiger partial charge in [-0.1, -0.05) is 0 Å². The Morgan fingerprint density at radius 3 is 2.66 bits per heavy atom. The second kappa shape index (κ2) is 8.13. The lowest BCUT2D eigenvalue weighted by molar-refractivity contribution is -0.0361.